The standard InChI is InChI=1S/C62H38N4S/c1-36-41-20-7-8-23-45(41)56-58(36)63-61(48-27-15-17-37-16-5-6-21-42(37)48)64-62(56)66-52-33-31-38(39-30-32-44-43-22-11-13-28-51(43)65(53(44)35-39)40-18-3-2-4-19-40)34-50(52)57-59(66)47-25-10-9-24-46(47)55-49-26-12-14-29-54(49)67-60(55)57/h2-33,35,38H,1,34H2. The fourth-order valence-electron chi connectivity index (χ4n) is 11.6. The van der Waals surface area contributed by atoms with Gasteiger partial charge in [0.2, 0.25) is 0 Å². The number of rotatable bonds is 4. The number of hydrogen-bond acceptors (Lipinski definition) is 3. The zero-order valence-corrected chi connectivity index (χ0v) is 37.1. The first-order valence-electron chi connectivity index (χ1n) is 23.0. The van der Waals surface area contributed by atoms with Gasteiger partial charge in [-0.3, -0.25) is 4.57 Å². The van der Waals surface area contributed by atoms with Gasteiger partial charge in [-0.25, -0.2) is 9.97 Å². The molecule has 4 heterocycles. The van der Waals surface area contributed by atoms with Gasteiger partial charge in [0, 0.05) is 64.5 Å². The van der Waals surface area contributed by atoms with Crippen LogP contribution in [-0.2, 0) is 6.42 Å². The van der Waals surface area contributed by atoms with Gasteiger partial charge in [-0.1, -0.05) is 170 Å². The molecule has 5 heteroatoms. The quantitative estimate of drug-likeness (QED) is 0.177. The highest BCUT2D eigenvalue weighted by Crippen LogP contribution is 2.52. The first-order chi connectivity index (χ1) is 33.2. The van der Waals surface area contributed by atoms with Gasteiger partial charge in [0.05, 0.1) is 33.5 Å². The topological polar surface area (TPSA) is 35.6 Å². The molecule has 312 valence electrons. The van der Waals surface area contributed by atoms with E-state index in [9.17, 15) is 0 Å². The molecular formula is C62H38N4S. The number of hydrogen-bond donors (Lipinski definition) is 0. The van der Waals surface area contributed by atoms with Gasteiger partial charge in [-0.2, -0.15) is 0 Å². The number of benzene rings is 9. The minimum atomic E-state index is 0.136. The minimum absolute atomic E-state index is 0.136. The van der Waals surface area contributed by atoms with E-state index in [0.717, 1.165) is 56.5 Å². The largest absolute Gasteiger partial charge is 0.309 e. The molecule has 2 aliphatic rings. The molecule has 13 aromatic rings. The van der Waals surface area contributed by atoms with Crippen molar-refractivity contribution >= 4 is 97.4 Å². The molecule has 0 amide bonds. The average molecular weight is 871 g/mol. The smallest absolute Gasteiger partial charge is 0.162 e. The number of allylic oxidation sites excluding steroid dienone is 1. The van der Waals surface area contributed by atoms with Crippen molar-refractivity contribution in [2.75, 3.05) is 0 Å². The lowest BCUT2D eigenvalue weighted by molar-refractivity contribution is 0.824. The highest BCUT2D eigenvalue weighted by molar-refractivity contribution is 7.27. The zero-order valence-electron chi connectivity index (χ0n) is 36.2. The van der Waals surface area contributed by atoms with E-state index in [1.54, 1.807) is 0 Å². The molecule has 0 radical (unpaired) electrons. The Morgan fingerprint density at radius 3 is 2.10 bits per heavy atom. The van der Waals surface area contributed by atoms with Crippen molar-refractivity contribution < 1.29 is 0 Å². The van der Waals surface area contributed by atoms with Crippen LogP contribution in [0.1, 0.15) is 34.0 Å². The van der Waals surface area contributed by atoms with Crippen molar-refractivity contribution in [1.82, 2.24) is 19.1 Å². The normalized spacial score (nSPS) is 14.3. The van der Waals surface area contributed by atoms with E-state index in [1.807, 2.05) is 11.3 Å². The highest BCUT2D eigenvalue weighted by Gasteiger charge is 2.34. The van der Waals surface area contributed by atoms with Crippen LogP contribution in [0.4, 0.5) is 0 Å². The third-order valence-corrected chi connectivity index (χ3v) is 15.8. The Kier molecular flexibility index (Phi) is 7.61. The van der Waals surface area contributed by atoms with Crippen LogP contribution in [0.15, 0.2) is 201 Å². The summed E-state index contributed by atoms with van der Waals surface area (Å²) in [5.41, 5.74) is 14.7. The predicted molar refractivity (Wildman–Crippen MR) is 282 cm³/mol. The average Bonchev–Trinajstić information content (AvgIpc) is 4.13. The number of para-hydroxylation sites is 2. The van der Waals surface area contributed by atoms with Gasteiger partial charge in [0.15, 0.2) is 5.82 Å². The van der Waals surface area contributed by atoms with E-state index >= 15 is 0 Å². The first kappa shape index (κ1) is 36.9. The number of nitrogens with zero attached hydrogens (tertiary/aromatic N) is 4. The van der Waals surface area contributed by atoms with Gasteiger partial charge in [-0.15, -0.1) is 11.3 Å². The van der Waals surface area contributed by atoms with Crippen LogP contribution in [-0.4, -0.2) is 19.1 Å². The number of aromatic nitrogens is 4. The van der Waals surface area contributed by atoms with E-state index in [0.29, 0.717) is 5.82 Å². The third kappa shape index (κ3) is 5.12. The molecule has 0 N–H and O–H groups in total. The molecule has 0 fully saturated rings. The maximum atomic E-state index is 5.78. The molecule has 4 aromatic heterocycles. The maximum absolute atomic E-state index is 5.78. The molecule has 0 aliphatic heterocycles. The van der Waals surface area contributed by atoms with E-state index in [4.69, 9.17) is 16.5 Å². The maximum Gasteiger partial charge on any atom is 0.162 e. The van der Waals surface area contributed by atoms with Gasteiger partial charge >= 0.3 is 0 Å². The molecule has 67 heavy (non-hydrogen) atoms. The molecule has 0 saturated heterocycles. The van der Waals surface area contributed by atoms with Crippen LogP contribution in [0, 0.1) is 0 Å². The van der Waals surface area contributed by atoms with Crippen LogP contribution < -0.4 is 0 Å². The van der Waals surface area contributed by atoms with Crippen LogP contribution >= 0.6 is 11.3 Å². The van der Waals surface area contributed by atoms with Crippen LogP contribution in [0.2, 0.25) is 0 Å². The number of fused-ring (bicyclic) bond motifs is 17. The van der Waals surface area contributed by atoms with Crippen LogP contribution in [0.5, 0.6) is 0 Å². The van der Waals surface area contributed by atoms with Crippen molar-refractivity contribution in [3.05, 3.63) is 229 Å². The van der Waals surface area contributed by atoms with Gasteiger partial charge in [-0.05, 0) is 81.2 Å². The molecule has 1 atom stereocenters. The van der Waals surface area contributed by atoms with Gasteiger partial charge in [0.1, 0.15) is 5.82 Å². The van der Waals surface area contributed by atoms with Crippen molar-refractivity contribution in [2.24, 2.45) is 0 Å². The van der Waals surface area contributed by atoms with Crippen molar-refractivity contribution in [3.8, 4) is 34.0 Å². The molecule has 0 bridgehead atoms. The van der Waals surface area contributed by atoms with E-state index in [2.05, 4.69) is 209 Å². The summed E-state index contributed by atoms with van der Waals surface area (Å²) in [6, 6.07) is 68.3. The zero-order chi connectivity index (χ0) is 43.9. The van der Waals surface area contributed by atoms with Gasteiger partial charge < -0.3 is 4.57 Å². The summed E-state index contributed by atoms with van der Waals surface area (Å²) in [5, 5.41) is 11.2. The van der Waals surface area contributed by atoms with E-state index in [1.165, 1.54) is 86.2 Å². The molecule has 0 saturated carbocycles. The van der Waals surface area contributed by atoms with Crippen molar-refractivity contribution in [2.45, 2.75) is 12.3 Å². The Balaban J connectivity index is 1.05. The lowest BCUT2D eigenvalue weighted by Gasteiger charge is -2.21. The summed E-state index contributed by atoms with van der Waals surface area (Å²) >= 11 is 1.92. The second-order valence-corrected chi connectivity index (χ2v) is 19.1. The summed E-state index contributed by atoms with van der Waals surface area (Å²) in [4.78, 5) is 11.2. The Morgan fingerprint density at radius 1 is 0.537 bits per heavy atom. The Bertz CT molecular complexity index is 4330. The summed E-state index contributed by atoms with van der Waals surface area (Å²) in [6.45, 7) is 4.71. The summed E-state index contributed by atoms with van der Waals surface area (Å²) in [5.74, 6) is 1.71. The lowest BCUT2D eigenvalue weighted by Crippen LogP contribution is -2.10. The molecule has 1 unspecified atom stereocenters. The Labute approximate surface area is 389 Å². The lowest BCUT2D eigenvalue weighted by atomic mass is 9.86. The van der Waals surface area contributed by atoms with Crippen molar-refractivity contribution in [1.29, 1.82) is 0 Å². The van der Waals surface area contributed by atoms with Crippen LogP contribution in [0.3, 0.4) is 0 Å². The molecular weight excluding hydrogens is 833 g/mol. The van der Waals surface area contributed by atoms with E-state index < -0.39 is 0 Å². The Morgan fingerprint density at radius 2 is 1.22 bits per heavy atom. The van der Waals surface area contributed by atoms with Crippen LogP contribution in [0.25, 0.3) is 120 Å². The fourth-order valence-corrected chi connectivity index (χ4v) is 12.9. The molecule has 4 nitrogen and oxygen atoms in total. The molecule has 2 aliphatic carbocycles. The Hall–Kier alpha value is -8.38. The predicted octanol–water partition coefficient (Wildman–Crippen LogP) is 16.3. The van der Waals surface area contributed by atoms with Crippen molar-refractivity contribution in [3.63, 3.8) is 0 Å². The first-order valence-corrected chi connectivity index (χ1v) is 23.8. The number of thiophene rings is 1. The highest BCUT2D eigenvalue weighted by atomic mass is 32.1. The molecule has 0 spiro atoms. The SMILES string of the molecule is C=C1c2ccccc2-c2c1nc(-c1cccc3ccccc13)nc2-n1c2c(c3c4sc5ccccc5c4c4ccccc4c31)CC(c1ccc3c4ccccc4n(-c4ccccc4)c3c1)C=C2. The molecule has 15 rings (SSSR count). The molecule has 9 aromatic carbocycles. The second kappa shape index (κ2) is 13.8. The second-order valence-electron chi connectivity index (χ2n) is 18.1. The minimum Gasteiger partial charge on any atom is -0.309 e. The fraction of sp³-hybridized carbons (Fsp3) is 0.0323. The van der Waals surface area contributed by atoms with E-state index in [-0.39, 0.29) is 5.92 Å². The monoisotopic (exact) mass is 870 g/mol. The summed E-state index contributed by atoms with van der Waals surface area (Å²) < 4.78 is 7.55. The summed E-state index contributed by atoms with van der Waals surface area (Å²) in [7, 11) is 0. The summed E-state index contributed by atoms with van der Waals surface area (Å²) in [6.07, 6.45) is 5.68. The van der Waals surface area contributed by atoms with Gasteiger partial charge in [0.25, 0.3) is 0 Å². The third-order valence-electron chi connectivity index (χ3n) is 14.6.